The summed E-state index contributed by atoms with van der Waals surface area (Å²) in [6.45, 7) is 20.3. The first-order chi connectivity index (χ1) is 26.3. The number of nitrogens with one attached hydrogen (secondary N) is 4. The molecule has 322 valence electrons. The van der Waals surface area contributed by atoms with Crippen molar-refractivity contribution in [1.82, 2.24) is 29.9 Å². The standard InChI is InChI=1S/C42H70N6O8S/c1-11-27-24-42(27,34(52)46-57(54,55)47-22-15-16-23-47)45-31(49)28-25-41(38(8,9)40(41)20-17-21-40)26-48(28)33(51)30(36(2,3)4)43-32(50)29(39(10)18-13-12-14-19-39)44-35(53)56-37(5,6)7/h27-30H,11-26H2,1-10H3,(H,43,50)(H,44,53)(H,45,49)(H,46,52). The van der Waals surface area contributed by atoms with Crippen LogP contribution in [-0.2, 0) is 34.1 Å². The minimum absolute atomic E-state index is 0.0174. The zero-order valence-electron chi connectivity index (χ0n) is 36.2. The Kier molecular flexibility index (Phi) is 11.2. The number of carbonyl (C=O) groups is 5. The van der Waals surface area contributed by atoms with Gasteiger partial charge in [-0.3, -0.25) is 19.2 Å². The zero-order chi connectivity index (χ0) is 42.2. The average molecular weight is 819 g/mol. The molecule has 0 radical (unpaired) electrons. The second-order valence-corrected chi connectivity index (χ2v) is 22.9. The highest BCUT2D eigenvalue weighted by Gasteiger charge is 2.85. The fourth-order valence-corrected chi connectivity index (χ4v) is 12.8. The van der Waals surface area contributed by atoms with Crippen molar-refractivity contribution in [2.24, 2.45) is 33.0 Å². The molecular weight excluding hydrogens is 749 g/mol. The first kappa shape index (κ1) is 43.6. The molecule has 6 aliphatic rings. The van der Waals surface area contributed by atoms with Gasteiger partial charge in [-0.25, -0.2) is 9.52 Å². The SMILES string of the molecule is CCC1CC1(NC(=O)C1CC2(CN1C(=O)C(NC(=O)C(NC(=O)OC(C)(C)C)C1(C)CCCCC1)C(C)(C)C)C(C)(C)C21CCC1)C(=O)NS(=O)(=O)N1CCCC1. The van der Waals surface area contributed by atoms with Crippen LogP contribution in [-0.4, -0.2) is 96.2 Å². The van der Waals surface area contributed by atoms with E-state index in [4.69, 9.17) is 4.74 Å². The van der Waals surface area contributed by atoms with Crippen LogP contribution >= 0.6 is 0 Å². The van der Waals surface area contributed by atoms with Crippen LogP contribution in [0, 0.1) is 33.0 Å². The second-order valence-electron chi connectivity index (χ2n) is 21.2. The third-order valence-corrected chi connectivity index (χ3v) is 16.9. The van der Waals surface area contributed by atoms with Gasteiger partial charge in [-0.15, -0.1) is 0 Å². The molecule has 6 atom stereocenters. The van der Waals surface area contributed by atoms with E-state index in [1.165, 1.54) is 4.31 Å². The van der Waals surface area contributed by atoms with Crippen molar-refractivity contribution in [1.29, 1.82) is 0 Å². The highest BCUT2D eigenvalue weighted by Crippen LogP contribution is 2.88. The summed E-state index contributed by atoms with van der Waals surface area (Å²) in [5.74, 6) is -2.37. The predicted molar refractivity (Wildman–Crippen MR) is 215 cm³/mol. The van der Waals surface area contributed by atoms with Crippen molar-refractivity contribution < 1.29 is 37.1 Å². The number of likely N-dealkylation sites (tertiary alicyclic amines) is 1. The molecule has 14 nitrogen and oxygen atoms in total. The number of amides is 5. The van der Waals surface area contributed by atoms with E-state index in [0.29, 0.717) is 38.9 Å². The van der Waals surface area contributed by atoms with Gasteiger partial charge in [0, 0.05) is 25.0 Å². The van der Waals surface area contributed by atoms with Gasteiger partial charge in [-0.2, -0.15) is 12.7 Å². The highest BCUT2D eigenvalue weighted by atomic mass is 32.2. The topological polar surface area (TPSA) is 183 Å². The lowest BCUT2D eigenvalue weighted by molar-refractivity contribution is -0.145. The molecule has 2 spiro atoms. The number of alkyl carbamates (subject to hydrolysis) is 1. The molecule has 0 aromatic rings. The fraction of sp³-hybridized carbons (Fsp3) is 0.881. The highest BCUT2D eigenvalue weighted by molar-refractivity contribution is 7.87. The number of ether oxygens (including phenoxy) is 1. The minimum Gasteiger partial charge on any atom is -0.444 e. The largest absolute Gasteiger partial charge is 0.444 e. The van der Waals surface area contributed by atoms with Crippen LogP contribution < -0.4 is 20.7 Å². The van der Waals surface area contributed by atoms with Crippen LogP contribution in [0.2, 0.25) is 0 Å². The Morgan fingerprint density at radius 2 is 1.42 bits per heavy atom. The maximum Gasteiger partial charge on any atom is 0.408 e. The van der Waals surface area contributed by atoms with E-state index >= 15 is 4.79 Å². The molecule has 57 heavy (non-hydrogen) atoms. The summed E-state index contributed by atoms with van der Waals surface area (Å²) in [6.07, 6.45) is 9.37. The van der Waals surface area contributed by atoms with Gasteiger partial charge in [-0.05, 0) is 99.7 Å². The van der Waals surface area contributed by atoms with E-state index < -0.39 is 80.0 Å². The number of carbonyl (C=O) groups excluding carboxylic acids is 5. The van der Waals surface area contributed by atoms with E-state index in [0.717, 1.165) is 64.2 Å². The molecule has 0 bridgehead atoms. The van der Waals surface area contributed by atoms with Crippen LogP contribution in [0.25, 0.3) is 0 Å². The number of nitrogens with zero attached hydrogens (tertiary/aromatic N) is 2. The number of hydrogen-bond donors (Lipinski definition) is 4. The van der Waals surface area contributed by atoms with E-state index in [1.54, 1.807) is 25.7 Å². The average Bonchev–Trinajstić information content (AvgIpc) is 3.54. The van der Waals surface area contributed by atoms with E-state index in [9.17, 15) is 27.6 Å². The summed E-state index contributed by atoms with van der Waals surface area (Å²) in [7, 11) is -4.08. The van der Waals surface area contributed by atoms with Crippen LogP contribution in [0.1, 0.15) is 153 Å². The Balaban J connectivity index is 1.29. The molecule has 0 aromatic heterocycles. The van der Waals surface area contributed by atoms with E-state index in [-0.39, 0.29) is 22.2 Å². The minimum atomic E-state index is -4.08. The van der Waals surface area contributed by atoms with Crippen LogP contribution in [0.15, 0.2) is 0 Å². The third kappa shape index (κ3) is 7.58. The molecule has 2 aliphatic heterocycles. The maximum absolute atomic E-state index is 15.2. The third-order valence-electron chi connectivity index (χ3n) is 15.4. The molecule has 15 heteroatoms. The lowest BCUT2D eigenvalue weighted by Gasteiger charge is -2.42. The quantitative estimate of drug-likeness (QED) is 0.227. The number of fused-ring (bicyclic) bond motifs is 1. The molecule has 0 aromatic carbocycles. The van der Waals surface area contributed by atoms with Gasteiger partial charge < -0.3 is 25.6 Å². The van der Waals surface area contributed by atoms with Crippen LogP contribution in [0.5, 0.6) is 0 Å². The lowest BCUT2D eigenvalue weighted by atomic mass is 9.70. The normalized spacial score (nSPS) is 31.2. The second kappa shape index (κ2) is 14.7. The van der Waals surface area contributed by atoms with Crippen LogP contribution in [0.4, 0.5) is 4.79 Å². The molecule has 6 fully saturated rings. The molecule has 4 aliphatic carbocycles. The van der Waals surface area contributed by atoms with Gasteiger partial charge in [0.15, 0.2) is 0 Å². The van der Waals surface area contributed by atoms with Crippen molar-refractivity contribution in [3.8, 4) is 0 Å². The summed E-state index contributed by atoms with van der Waals surface area (Å²) in [6, 6.07) is -2.97. The predicted octanol–water partition coefficient (Wildman–Crippen LogP) is 4.92. The Labute approximate surface area is 340 Å². The first-order valence-electron chi connectivity index (χ1n) is 21.5. The van der Waals surface area contributed by atoms with Crippen molar-refractivity contribution in [3.05, 3.63) is 0 Å². The summed E-state index contributed by atoms with van der Waals surface area (Å²) >= 11 is 0. The van der Waals surface area contributed by atoms with Crippen LogP contribution in [0.3, 0.4) is 0 Å². The van der Waals surface area contributed by atoms with Gasteiger partial charge in [0.25, 0.3) is 5.91 Å². The molecule has 2 heterocycles. The first-order valence-corrected chi connectivity index (χ1v) is 23.0. The lowest BCUT2D eigenvalue weighted by Crippen LogP contribution is -2.63. The Morgan fingerprint density at radius 1 is 0.807 bits per heavy atom. The van der Waals surface area contributed by atoms with Crippen molar-refractivity contribution >= 4 is 39.9 Å². The molecular formula is C42H70N6O8S. The zero-order valence-corrected chi connectivity index (χ0v) is 37.0. The molecule has 2 saturated heterocycles. The van der Waals surface area contributed by atoms with E-state index in [2.05, 4.69) is 34.5 Å². The Bertz CT molecular complexity index is 1740. The molecule has 4 saturated carbocycles. The van der Waals surface area contributed by atoms with Crippen molar-refractivity contribution in [2.75, 3.05) is 19.6 Å². The van der Waals surface area contributed by atoms with Gasteiger partial charge in [-0.1, -0.05) is 80.6 Å². The number of hydrogen-bond acceptors (Lipinski definition) is 8. The van der Waals surface area contributed by atoms with Gasteiger partial charge in [0.05, 0.1) is 0 Å². The fourth-order valence-electron chi connectivity index (χ4n) is 11.5. The Hall–Kier alpha value is -2.94. The van der Waals surface area contributed by atoms with E-state index in [1.807, 2.05) is 34.6 Å². The van der Waals surface area contributed by atoms with Gasteiger partial charge in [0.1, 0.15) is 29.3 Å². The van der Waals surface area contributed by atoms with Gasteiger partial charge in [0.2, 0.25) is 17.7 Å². The Morgan fingerprint density at radius 3 is 1.91 bits per heavy atom. The molecule has 4 N–H and O–H groups in total. The molecule has 6 unspecified atom stereocenters. The number of rotatable bonds is 11. The molecule has 6 rings (SSSR count). The maximum atomic E-state index is 15.2. The summed E-state index contributed by atoms with van der Waals surface area (Å²) < 4.78 is 35.5. The summed E-state index contributed by atoms with van der Waals surface area (Å²) in [5, 5.41) is 8.97. The molecule has 5 amide bonds. The summed E-state index contributed by atoms with van der Waals surface area (Å²) in [5.41, 5.74) is -4.06. The van der Waals surface area contributed by atoms with Gasteiger partial charge >= 0.3 is 16.3 Å². The monoisotopic (exact) mass is 818 g/mol. The van der Waals surface area contributed by atoms with Crippen molar-refractivity contribution in [3.63, 3.8) is 0 Å². The summed E-state index contributed by atoms with van der Waals surface area (Å²) in [4.78, 5) is 73.2. The van der Waals surface area contributed by atoms with Crippen molar-refractivity contribution in [2.45, 2.75) is 182 Å². The smallest absolute Gasteiger partial charge is 0.408 e.